The van der Waals surface area contributed by atoms with E-state index < -0.39 is 0 Å². The number of amides is 1. The fourth-order valence-corrected chi connectivity index (χ4v) is 2.55. The van der Waals surface area contributed by atoms with Gasteiger partial charge in [-0.3, -0.25) is 4.79 Å². The van der Waals surface area contributed by atoms with Crippen LogP contribution < -0.4 is 5.32 Å². The summed E-state index contributed by atoms with van der Waals surface area (Å²) >= 11 is 0. The van der Waals surface area contributed by atoms with Crippen LogP contribution in [0.5, 0.6) is 0 Å². The van der Waals surface area contributed by atoms with E-state index in [-0.39, 0.29) is 5.91 Å². The van der Waals surface area contributed by atoms with Crippen molar-refractivity contribution in [2.24, 2.45) is 0 Å². The zero-order valence-corrected chi connectivity index (χ0v) is 12.8. The van der Waals surface area contributed by atoms with Crippen molar-refractivity contribution in [3.8, 4) is 11.4 Å². The number of anilines is 1. The molecule has 0 aliphatic rings. The molecule has 0 spiro atoms. The van der Waals surface area contributed by atoms with Gasteiger partial charge in [0, 0.05) is 17.7 Å². The lowest BCUT2D eigenvalue weighted by Crippen LogP contribution is -2.11. The third-order valence-corrected chi connectivity index (χ3v) is 3.73. The summed E-state index contributed by atoms with van der Waals surface area (Å²) in [5.41, 5.74) is 4.82. The van der Waals surface area contributed by atoms with Crippen molar-refractivity contribution in [3.63, 3.8) is 0 Å². The van der Waals surface area contributed by atoms with Crippen LogP contribution in [0.4, 0.5) is 5.69 Å². The molecule has 0 radical (unpaired) electrons. The number of rotatable bonds is 4. The molecule has 0 bridgehead atoms. The van der Waals surface area contributed by atoms with Gasteiger partial charge in [0.25, 0.3) is 0 Å². The molecule has 0 aliphatic carbocycles. The van der Waals surface area contributed by atoms with E-state index >= 15 is 0 Å². The van der Waals surface area contributed by atoms with Crippen LogP contribution in [-0.2, 0) is 4.79 Å². The highest BCUT2D eigenvalue weighted by Crippen LogP contribution is 2.28. The number of aromatic amines is 1. The smallest absolute Gasteiger partial charge is 0.224 e. The second kappa shape index (κ2) is 6.02. The summed E-state index contributed by atoms with van der Waals surface area (Å²) in [6.07, 6.45) is 1.38. The van der Waals surface area contributed by atoms with Gasteiger partial charge in [0.05, 0.1) is 11.0 Å². The van der Waals surface area contributed by atoms with Crippen LogP contribution in [0.2, 0.25) is 0 Å². The quantitative estimate of drug-likeness (QED) is 0.754. The SMILES string of the molecule is CCCC(=O)Nc1cccc(-c2nc3ccccc3[nH]2)c1C. The number of carbonyl (C=O) groups is 1. The van der Waals surface area contributed by atoms with Crippen molar-refractivity contribution in [1.29, 1.82) is 0 Å². The molecule has 0 fully saturated rings. The maximum Gasteiger partial charge on any atom is 0.224 e. The molecule has 2 aromatic carbocycles. The Morgan fingerprint density at radius 2 is 2.00 bits per heavy atom. The second-order valence-corrected chi connectivity index (χ2v) is 5.38. The van der Waals surface area contributed by atoms with Crippen LogP contribution >= 0.6 is 0 Å². The van der Waals surface area contributed by atoms with E-state index in [2.05, 4.69) is 15.3 Å². The molecule has 0 unspecified atom stereocenters. The van der Waals surface area contributed by atoms with Crippen LogP contribution in [-0.4, -0.2) is 15.9 Å². The van der Waals surface area contributed by atoms with Gasteiger partial charge >= 0.3 is 0 Å². The molecular weight excluding hydrogens is 274 g/mol. The highest BCUT2D eigenvalue weighted by molar-refractivity contribution is 5.92. The van der Waals surface area contributed by atoms with Gasteiger partial charge in [-0.25, -0.2) is 4.98 Å². The van der Waals surface area contributed by atoms with Crippen LogP contribution in [0.25, 0.3) is 22.4 Å². The first-order valence-electron chi connectivity index (χ1n) is 7.53. The van der Waals surface area contributed by atoms with Gasteiger partial charge in [-0.1, -0.05) is 31.2 Å². The molecule has 3 aromatic rings. The standard InChI is InChI=1S/C18H19N3O/c1-3-7-17(22)19-14-11-6-8-13(12(14)2)18-20-15-9-4-5-10-16(15)21-18/h4-6,8-11H,3,7H2,1-2H3,(H,19,22)(H,20,21). The molecule has 1 heterocycles. The summed E-state index contributed by atoms with van der Waals surface area (Å²) in [6, 6.07) is 13.8. The van der Waals surface area contributed by atoms with E-state index in [1.54, 1.807) is 0 Å². The number of aromatic nitrogens is 2. The average molecular weight is 293 g/mol. The monoisotopic (exact) mass is 293 g/mol. The molecule has 4 nitrogen and oxygen atoms in total. The number of nitrogens with zero attached hydrogens (tertiary/aromatic N) is 1. The van der Waals surface area contributed by atoms with E-state index in [0.29, 0.717) is 6.42 Å². The zero-order valence-electron chi connectivity index (χ0n) is 12.8. The number of hydrogen-bond donors (Lipinski definition) is 2. The predicted molar refractivity (Wildman–Crippen MR) is 89.8 cm³/mol. The van der Waals surface area contributed by atoms with Gasteiger partial charge in [-0.05, 0) is 37.1 Å². The minimum absolute atomic E-state index is 0.0485. The topological polar surface area (TPSA) is 57.8 Å². The lowest BCUT2D eigenvalue weighted by molar-refractivity contribution is -0.116. The van der Waals surface area contributed by atoms with Crippen LogP contribution in [0.15, 0.2) is 42.5 Å². The van der Waals surface area contributed by atoms with E-state index in [0.717, 1.165) is 40.1 Å². The van der Waals surface area contributed by atoms with Crippen molar-refractivity contribution in [2.45, 2.75) is 26.7 Å². The molecule has 1 aromatic heterocycles. The number of carbonyl (C=O) groups excluding carboxylic acids is 1. The molecule has 1 amide bonds. The number of nitrogens with one attached hydrogen (secondary N) is 2. The van der Waals surface area contributed by atoms with Gasteiger partial charge in [0.15, 0.2) is 0 Å². The summed E-state index contributed by atoms with van der Waals surface area (Å²) in [4.78, 5) is 19.8. The van der Waals surface area contributed by atoms with Crippen molar-refractivity contribution < 1.29 is 4.79 Å². The molecule has 112 valence electrons. The summed E-state index contributed by atoms with van der Waals surface area (Å²) < 4.78 is 0. The fraction of sp³-hybridized carbons (Fsp3) is 0.222. The van der Waals surface area contributed by atoms with E-state index in [1.807, 2.05) is 56.3 Å². The van der Waals surface area contributed by atoms with Crippen LogP contribution in [0, 0.1) is 6.92 Å². The summed E-state index contributed by atoms with van der Waals surface area (Å²) in [6.45, 7) is 4.00. The van der Waals surface area contributed by atoms with Gasteiger partial charge < -0.3 is 10.3 Å². The Labute approximate surface area is 129 Å². The van der Waals surface area contributed by atoms with Crippen molar-refractivity contribution >= 4 is 22.6 Å². The Balaban J connectivity index is 1.98. The van der Waals surface area contributed by atoms with E-state index in [1.165, 1.54) is 0 Å². The third-order valence-electron chi connectivity index (χ3n) is 3.73. The molecule has 2 N–H and O–H groups in total. The van der Waals surface area contributed by atoms with E-state index in [9.17, 15) is 4.79 Å². The van der Waals surface area contributed by atoms with Gasteiger partial charge in [-0.2, -0.15) is 0 Å². The summed E-state index contributed by atoms with van der Waals surface area (Å²) in [7, 11) is 0. The van der Waals surface area contributed by atoms with Crippen LogP contribution in [0.3, 0.4) is 0 Å². The van der Waals surface area contributed by atoms with Gasteiger partial charge in [0.1, 0.15) is 5.82 Å². The lowest BCUT2D eigenvalue weighted by Gasteiger charge is -2.11. The zero-order chi connectivity index (χ0) is 15.5. The predicted octanol–water partition coefficient (Wildman–Crippen LogP) is 4.28. The largest absolute Gasteiger partial charge is 0.338 e. The van der Waals surface area contributed by atoms with Gasteiger partial charge in [0.2, 0.25) is 5.91 Å². The Bertz CT molecular complexity index is 787. The molecule has 3 rings (SSSR count). The normalized spacial score (nSPS) is 10.8. The first kappa shape index (κ1) is 14.3. The summed E-state index contributed by atoms with van der Waals surface area (Å²) in [5, 5.41) is 2.97. The maximum atomic E-state index is 11.8. The number of imidazole rings is 1. The molecule has 0 saturated carbocycles. The maximum absolute atomic E-state index is 11.8. The first-order chi connectivity index (χ1) is 10.7. The fourth-order valence-electron chi connectivity index (χ4n) is 2.55. The average Bonchev–Trinajstić information content (AvgIpc) is 2.93. The summed E-state index contributed by atoms with van der Waals surface area (Å²) in [5.74, 6) is 0.873. The molecule has 22 heavy (non-hydrogen) atoms. The van der Waals surface area contributed by atoms with Crippen molar-refractivity contribution in [3.05, 3.63) is 48.0 Å². The second-order valence-electron chi connectivity index (χ2n) is 5.38. The molecule has 0 saturated heterocycles. The Hall–Kier alpha value is -2.62. The van der Waals surface area contributed by atoms with Crippen molar-refractivity contribution in [1.82, 2.24) is 9.97 Å². The molecule has 4 heteroatoms. The number of para-hydroxylation sites is 2. The third kappa shape index (κ3) is 2.72. The number of H-pyrrole nitrogens is 1. The van der Waals surface area contributed by atoms with Crippen LogP contribution in [0.1, 0.15) is 25.3 Å². The first-order valence-corrected chi connectivity index (χ1v) is 7.53. The Morgan fingerprint density at radius 1 is 1.18 bits per heavy atom. The molecular formula is C18H19N3O. The Morgan fingerprint density at radius 3 is 2.77 bits per heavy atom. The molecule has 0 atom stereocenters. The minimum atomic E-state index is 0.0485. The van der Waals surface area contributed by atoms with E-state index in [4.69, 9.17) is 0 Å². The number of benzene rings is 2. The van der Waals surface area contributed by atoms with Gasteiger partial charge in [-0.15, -0.1) is 0 Å². The van der Waals surface area contributed by atoms with Crippen molar-refractivity contribution in [2.75, 3.05) is 5.32 Å². The molecule has 0 aliphatic heterocycles. The lowest BCUT2D eigenvalue weighted by atomic mass is 10.1. The minimum Gasteiger partial charge on any atom is -0.338 e. The highest BCUT2D eigenvalue weighted by atomic mass is 16.1. The Kier molecular flexibility index (Phi) is 3.92. The number of fused-ring (bicyclic) bond motifs is 1. The number of hydrogen-bond acceptors (Lipinski definition) is 2. The highest BCUT2D eigenvalue weighted by Gasteiger charge is 2.11.